The molecule has 6 N–H and O–H groups in total. The Hall–Kier alpha value is -3.47. The van der Waals surface area contributed by atoms with Gasteiger partial charge in [0.1, 0.15) is 13.7 Å². The maximum Gasteiger partial charge on any atom is 0.241 e. The Morgan fingerprint density at radius 3 is 2.70 bits per heavy atom. The van der Waals surface area contributed by atoms with E-state index in [-0.39, 0.29) is 19.1 Å². The predicted octanol–water partition coefficient (Wildman–Crippen LogP) is 0.943. The first-order chi connectivity index (χ1) is 16.0. The molecular weight excluding hydrogens is 419 g/mol. The summed E-state index contributed by atoms with van der Waals surface area (Å²) in [6.07, 6.45) is 1.95. The zero-order chi connectivity index (χ0) is 23.5. The number of carbonyl (C=O) groups excluding carboxylic acids is 1. The van der Waals surface area contributed by atoms with Crippen molar-refractivity contribution in [1.82, 2.24) is 9.97 Å². The first kappa shape index (κ1) is 24.2. The molecule has 2 aromatic carbocycles. The molecule has 0 spiro atoms. The van der Waals surface area contributed by atoms with Crippen LogP contribution in [0.3, 0.4) is 0 Å². The van der Waals surface area contributed by atoms with Crippen LogP contribution in [0.1, 0.15) is 5.56 Å². The number of aliphatic hydroxyl groups excluding tert-OH is 1. The van der Waals surface area contributed by atoms with E-state index in [0.717, 1.165) is 5.56 Å². The van der Waals surface area contributed by atoms with Crippen LogP contribution in [0.5, 0.6) is 0 Å². The van der Waals surface area contributed by atoms with E-state index in [1.807, 2.05) is 36.4 Å². The van der Waals surface area contributed by atoms with E-state index in [1.165, 1.54) is 6.20 Å². The maximum atomic E-state index is 12.5. The molecule has 0 aliphatic carbocycles. The van der Waals surface area contributed by atoms with Crippen LogP contribution in [-0.2, 0) is 16.0 Å². The number of nitrogens with zero attached hydrogens (tertiary/aromatic N) is 2. The van der Waals surface area contributed by atoms with Crippen LogP contribution in [0.15, 0.2) is 60.8 Å². The summed E-state index contributed by atoms with van der Waals surface area (Å²) in [6, 6.07) is 16.1. The number of hydrogen-bond donors (Lipinski definition) is 5. The van der Waals surface area contributed by atoms with Gasteiger partial charge < -0.3 is 31.5 Å². The number of aromatic nitrogens is 2. The molecule has 170 valence electrons. The summed E-state index contributed by atoms with van der Waals surface area (Å²) in [6.45, 7) is 1.13. The van der Waals surface area contributed by atoms with E-state index < -0.39 is 6.04 Å². The van der Waals surface area contributed by atoms with Gasteiger partial charge in [-0.15, -0.1) is 0 Å². The Balaban J connectivity index is 1.58. The molecule has 33 heavy (non-hydrogen) atoms. The molecule has 1 atom stereocenters. The second kappa shape index (κ2) is 12.5. The molecule has 0 saturated carbocycles. The van der Waals surface area contributed by atoms with E-state index in [2.05, 4.69) is 25.9 Å². The Labute approximate surface area is 194 Å². The summed E-state index contributed by atoms with van der Waals surface area (Å²) >= 11 is 0. The van der Waals surface area contributed by atoms with Crippen LogP contribution in [0.25, 0.3) is 0 Å². The smallest absolute Gasteiger partial charge is 0.241 e. The quantitative estimate of drug-likeness (QED) is 0.205. The van der Waals surface area contributed by atoms with Crippen molar-refractivity contribution in [2.45, 2.75) is 12.5 Å². The Morgan fingerprint density at radius 2 is 1.91 bits per heavy atom. The number of anilines is 4. The van der Waals surface area contributed by atoms with Gasteiger partial charge in [-0.3, -0.25) is 4.79 Å². The van der Waals surface area contributed by atoms with Gasteiger partial charge in [-0.2, -0.15) is 4.98 Å². The molecule has 3 rings (SSSR count). The molecule has 9 nitrogen and oxygen atoms in total. The number of nitrogens with two attached hydrogens (primary N) is 1. The maximum absolute atomic E-state index is 12.5. The van der Waals surface area contributed by atoms with Crippen molar-refractivity contribution < 1.29 is 14.6 Å². The van der Waals surface area contributed by atoms with Crippen molar-refractivity contribution >= 4 is 42.4 Å². The highest BCUT2D eigenvalue weighted by atomic mass is 16.5. The zero-order valence-electron chi connectivity index (χ0n) is 18.2. The van der Waals surface area contributed by atoms with Crippen LogP contribution >= 0.6 is 0 Å². The van der Waals surface area contributed by atoms with Gasteiger partial charge in [0, 0.05) is 24.1 Å². The van der Waals surface area contributed by atoms with Gasteiger partial charge in [-0.05, 0) is 35.6 Å². The van der Waals surface area contributed by atoms with E-state index in [1.54, 1.807) is 18.2 Å². The van der Waals surface area contributed by atoms with Crippen LogP contribution < -0.4 is 27.1 Å². The average molecular weight is 446 g/mol. The summed E-state index contributed by atoms with van der Waals surface area (Å²) < 4.78 is 5.21. The normalized spacial score (nSPS) is 11.6. The lowest BCUT2D eigenvalue weighted by Crippen LogP contribution is -2.37. The monoisotopic (exact) mass is 446 g/mol. The van der Waals surface area contributed by atoms with Crippen molar-refractivity contribution in [3.05, 3.63) is 66.4 Å². The van der Waals surface area contributed by atoms with Crippen LogP contribution in [0, 0.1) is 0 Å². The first-order valence-corrected chi connectivity index (χ1v) is 10.6. The van der Waals surface area contributed by atoms with E-state index >= 15 is 0 Å². The second-order valence-electron chi connectivity index (χ2n) is 7.25. The van der Waals surface area contributed by atoms with Crippen molar-refractivity contribution in [2.24, 2.45) is 5.73 Å². The fourth-order valence-electron chi connectivity index (χ4n) is 3.00. The molecule has 0 aliphatic rings. The summed E-state index contributed by atoms with van der Waals surface area (Å²) in [5.74, 6) is 0.540. The fraction of sp³-hybridized carbons (Fsp3) is 0.261. The molecule has 0 aliphatic heterocycles. The number of amides is 1. The highest BCUT2D eigenvalue weighted by molar-refractivity contribution is 6.35. The third-order valence-electron chi connectivity index (χ3n) is 4.61. The lowest BCUT2D eigenvalue weighted by molar-refractivity contribution is -0.117. The number of carbonyl (C=O) groups is 1. The largest absolute Gasteiger partial charge is 0.394 e. The number of rotatable bonds is 12. The Kier molecular flexibility index (Phi) is 9.19. The van der Waals surface area contributed by atoms with Crippen molar-refractivity contribution in [3.63, 3.8) is 0 Å². The van der Waals surface area contributed by atoms with Gasteiger partial charge >= 0.3 is 0 Å². The molecule has 1 heterocycles. The highest BCUT2D eigenvalue weighted by Gasteiger charge is 2.14. The molecule has 3 aromatic rings. The first-order valence-electron chi connectivity index (χ1n) is 10.6. The third-order valence-corrected chi connectivity index (χ3v) is 4.61. The van der Waals surface area contributed by atoms with E-state index in [4.69, 9.17) is 23.4 Å². The topological polar surface area (TPSA) is 134 Å². The van der Waals surface area contributed by atoms with Crippen molar-refractivity contribution in [2.75, 3.05) is 42.3 Å². The third kappa shape index (κ3) is 7.87. The SMILES string of the molecule is [B]c1cnc(Nc2cccc(NC(=O)C(N)Cc3ccccc3)c2)nc1NCCOCCO. The van der Waals surface area contributed by atoms with E-state index in [9.17, 15) is 4.79 Å². The van der Waals surface area contributed by atoms with Crippen LogP contribution in [-0.4, -0.2) is 61.2 Å². The average Bonchev–Trinajstić information content (AvgIpc) is 2.81. The van der Waals surface area contributed by atoms with Gasteiger partial charge in [0.25, 0.3) is 0 Å². The van der Waals surface area contributed by atoms with Gasteiger partial charge in [-0.25, -0.2) is 4.98 Å². The van der Waals surface area contributed by atoms with Gasteiger partial charge in [0.15, 0.2) is 0 Å². The minimum absolute atomic E-state index is 0.0256. The van der Waals surface area contributed by atoms with Crippen molar-refractivity contribution in [3.8, 4) is 0 Å². The van der Waals surface area contributed by atoms with Gasteiger partial charge in [-0.1, -0.05) is 36.4 Å². The number of nitrogens with one attached hydrogen (secondary N) is 3. The number of benzene rings is 2. The molecule has 2 radical (unpaired) electrons. The summed E-state index contributed by atoms with van der Waals surface area (Å²) in [4.78, 5) is 21.1. The van der Waals surface area contributed by atoms with Gasteiger partial charge in [0.2, 0.25) is 11.9 Å². The predicted molar refractivity (Wildman–Crippen MR) is 130 cm³/mol. The minimum Gasteiger partial charge on any atom is -0.394 e. The number of aliphatic hydroxyl groups is 1. The standard InChI is InChI=1S/C23H27BN6O3/c24-19-15-27-23(30-21(19)26-9-11-33-12-10-31)29-18-8-4-7-17(14-18)28-22(32)20(25)13-16-5-2-1-3-6-16/h1-8,14-15,20,31H,9-13,25H2,(H,28,32)(H2,26,27,29,30). The molecule has 10 heteroatoms. The Morgan fingerprint density at radius 1 is 1.12 bits per heavy atom. The molecule has 0 fully saturated rings. The van der Waals surface area contributed by atoms with Crippen molar-refractivity contribution in [1.29, 1.82) is 0 Å². The lowest BCUT2D eigenvalue weighted by Gasteiger charge is -2.14. The van der Waals surface area contributed by atoms with E-state index in [0.29, 0.717) is 48.2 Å². The molecule has 1 unspecified atom stereocenters. The molecule has 0 saturated heterocycles. The van der Waals surface area contributed by atoms with Gasteiger partial charge in [0.05, 0.1) is 25.9 Å². The zero-order valence-corrected chi connectivity index (χ0v) is 18.2. The fourth-order valence-corrected chi connectivity index (χ4v) is 3.00. The molecule has 1 amide bonds. The summed E-state index contributed by atoms with van der Waals surface area (Å²) in [7, 11) is 5.93. The number of ether oxygens (including phenoxy) is 1. The highest BCUT2D eigenvalue weighted by Crippen LogP contribution is 2.19. The molecular formula is C23H27BN6O3. The summed E-state index contributed by atoms with van der Waals surface area (Å²) in [5, 5.41) is 17.8. The van der Waals surface area contributed by atoms with Crippen LogP contribution in [0.2, 0.25) is 0 Å². The Bertz CT molecular complexity index is 1040. The molecule has 0 bridgehead atoms. The second-order valence-corrected chi connectivity index (χ2v) is 7.25. The minimum atomic E-state index is -0.667. The summed E-state index contributed by atoms with van der Waals surface area (Å²) in [5.41, 5.74) is 8.75. The number of hydrogen-bond acceptors (Lipinski definition) is 8. The lowest BCUT2D eigenvalue weighted by atomic mass is 9.99. The molecule has 1 aromatic heterocycles. The van der Waals surface area contributed by atoms with Crippen LogP contribution in [0.4, 0.5) is 23.1 Å².